The van der Waals surface area contributed by atoms with Crippen LogP contribution in [0, 0.1) is 6.92 Å². The minimum atomic E-state index is -0.153. The monoisotopic (exact) mass is 348 g/mol. The molecule has 1 N–H and O–H groups in total. The molecule has 0 saturated carbocycles. The van der Waals surface area contributed by atoms with Gasteiger partial charge in [-0.2, -0.15) is 0 Å². The molecule has 0 unspecified atom stereocenters. The van der Waals surface area contributed by atoms with Crippen molar-refractivity contribution in [3.8, 4) is 0 Å². The van der Waals surface area contributed by atoms with Gasteiger partial charge in [0.15, 0.2) is 0 Å². The Morgan fingerprint density at radius 2 is 2.38 bits per heavy atom. The van der Waals surface area contributed by atoms with E-state index in [1.165, 1.54) is 12.4 Å². The molecule has 1 atom stereocenters. The van der Waals surface area contributed by atoms with Gasteiger partial charge in [-0.3, -0.25) is 9.59 Å². The quantitative estimate of drug-likeness (QED) is 0.869. The van der Waals surface area contributed by atoms with E-state index in [1.807, 2.05) is 17.2 Å². The van der Waals surface area contributed by atoms with E-state index in [9.17, 15) is 9.59 Å². The van der Waals surface area contributed by atoms with Gasteiger partial charge in [-0.25, -0.2) is 9.97 Å². The second-order valence-electron chi connectivity index (χ2n) is 5.81. The van der Waals surface area contributed by atoms with Crippen molar-refractivity contribution in [1.82, 2.24) is 19.9 Å². The summed E-state index contributed by atoms with van der Waals surface area (Å²) in [6.07, 6.45) is 3.11. The summed E-state index contributed by atoms with van der Waals surface area (Å²) in [5.41, 5.74) is 1.42. The van der Waals surface area contributed by atoms with Gasteiger partial charge in [-0.1, -0.05) is 0 Å². The minimum Gasteiger partial charge on any atom is -0.375 e. The van der Waals surface area contributed by atoms with Crippen LogP contribution < -0.4 is 5.56 Å². The Balaban J connectivity index is 1.52. The zero-order chi connectivity index (χ0) is 16.9. The third-order valence-electron chi connectivity index (χ3n) is 3.95. The molecule has 3 rings (SSSR count). The highest BCUT2D eigenvalue weighted by atomic mass is 32.1. The molecule has 0 spiro atoms. The molecule has 2 aromatic rings. The summed E-state index contributed by atoms with van der Waals surface area (Å²) in [6, 6.07) is 1.50. The smallest absolute Gasteiger partial charge is 0.250 e. The molecular weight excluding hydrogens is 328 g/mol. The van der Waals surface area contributed by atoms with Crippen LogP contribution in [-0.4, -0.2) is 51.6 Å². The fourth-order valence-corrected chi connectivity index (χ4v) is 3.34. The molecule has 1 aliphatic heterocycles. The topological polar surface area (TPSA) is 88.2 Å². The number of ether oxygens (including phenoxy) is 1. The van der Waals surface area contributed by atoms with Crippen molar-refractivity contribution in [2.24, 2.45) is 0 Å². The minimum absolute atomic E-state index is 0.0269. The highest BCUT2D eigenvalue weighted by Crippen LogP contribution is 2.14. The van der Waals surface area contributed by atoms with Crippen LogP contribution in [0.25, 0.3) is 0 Å². The molecular formula is C16H20N4O3S. The number of aryl methyl sites for hydroxylation is 2. The standard InChI is InChI=1S/C16H20N4O3S/c1-11-19-13(9-24-11)7-16(22)20-4-5-23-14(8-20)3-2-12-6-15(21)18-10-17-12/h6,9-10,14H,2-5,7-8H2,1H3,(H,17,18,21)/t14-/m0/s1. The molecule has 7 nitrogen and oxygen atoms in total. The predicted octanol–water partition coefficient (Wildman–Crippen LogP) is 0.938. The Morgan fingerprint density at radius 1 is 1.50 bits per heavy atom. The summed E-state index contributed by atoms with van der Waals surface area (Å²) in [6.45, 7) is 3.66. The van der Waals surface area contributed by atoms with Gasteiger partial charge in [0.25, 0.3) is 5.56 Å². The Morgan fingerprint density at radius 3 is 3.12 bits per heavy atom. The van der Waals surface area contributed by atoms with E-state index in [4.69, 9.17) is 4.74 Å². The number of H-pyrrole nitrogens is 1. The van der Waals surface area contributed by atoms with Gasteiger partial charge in [0, 0.05) is 30.2 Å². The average molecular weight is 348 g/mol. The molecule has 0 radical (unpaired) electrons. The zero-order valence-corrected chi connectivity index (χ0v) is 14.3. The molecule has 0 bridgehead atoms. The fourth-order valence-electron chi connectivity index (χ4n) is 2.73. The van der Waals surface area contributed by atoms with E-state index in [0.29, 0.717) is 32.5 Å². The molecule has 24 heavy (non-hydrogen) atoms. The van der Waals surface area contributed by atoms with Gasteiger partial charge < -0.3 is 14.6 Å². The number of nitrogens with one attached hydrogen (secondary N) is 1. The molecule has 1 amide bonds. The van der Waals surface area contributed by atoms with Crippen molar-refractivity contribution in [3.05, 3.63) is 44.5 Å². The maximum atomic E-state index is 12.4. The van der Waals surface area contributed by atoms with Crippen LogP contribution in [0.5, 0.6) is 0 Å². The Labute approximate surface area is 143 Å². The Bertz CT molecular complexity index is 758. The molecule has 1 aliphatic rings. The number of nitrogens with zero attached hydrogens (tertiary/aromatic N) is 3. The Kier molecular flexibility index (Phi) is 5.37. The molecule has 0 aromatic carbocycles. The summed E-state index contributed by atoms with van der Waals surface area (Å²) in [4.78, 5) is 36.5. The number of aromatic amines is 1. The number of hydrogen-bond donors (Lipinski definition) is 1. The summed E-state index contributed by atoms with van der Waals surface area (Å²) < 4.78 is 5.74. The number of hydrogen-bond acceptors (Lipinski definition) is 6. The predicted molar refractivity (Wildman–Crippen MR) is 90.1 cm³/mol. The SMILES string of the molecule is Cc1nc(CC(=O)N2CCO[C@@H](CCc3cc(=O)[nH]cn3)C2)cs1. The van der Waals surface area contributed by atoms with Crippen molar-refractivity contribution < 1.29 is 9.53 Å². The first-order chi connectivity index (χ1) is 11.6. The number of rotatable bonds is 5. The lowest BCUT2D eigenvalue weighted by Crippen LogP contribution is -2.46. The molecule has 1 fully saturated rings. The highest BCUT2D eigenvalue weighted by Gasteiger charge is 2.24. The summed E-state index contributed by atoms with van der Waals surface area (Å²) in [5.74, 6) is 0.0860. The normalized spacial score (nSPS) is 17.9. The van der Waals surface area contributed by atoms with E-state index in [2.05, 4.69) is 15.0 Å². The fraction of sp³-hybridized carbons (Fsp3) is 0.500. The molecule has 2 aromatic heterocycles. The largest absolute Gasteiger partial charge is 0.375 e. The molecule has 0 aliphatic carbocycles. The van der Waals surface area contributed by atoms with Crippen LogP contribution in [0.15, 0.2) is 22.6 Å². The summed E-state index contributed by atoms with van der Waals surface area (Å²) in [7, 11) is 0. The van der Waals surface area contributed by atoms with Crippen LogP contribution in [0.1, 0.15) is 22.8 Å². The van der Waals surface area contributed by atoms with Crippen molar-refractivity contribution in [2.45, 2.75) is 32.3 Å². The third-order valence-corrected chi connectivity index (χ3v) is 4.77. The first-order valence-electron chi connectivity index (χ1n) is 7.94. The number of thiazole rings is 1. The zero-order valence-electron chi connectivity index (χ0n) is 13.5. The van der Waals surface area contributed by atoms with Crippen molar-refractivity contribution >= 4 is 17.2 Å². The lowest BCUT2D eigenvalue weighted by Gasteiger charge is -2.33. The molecule has 8 heteroatoms. The third kappa shape index (κ3) is 4.48. The van der Waals surface area contributed by atoms with Crippen LogP contribution >= 0.6 is 11.3 Å². The summed E-state index contributed by atoms with van der Waals surface area (Å²) in [5, 5.41) is 2.91. The maximum Gasteiger partial charge on any atom is 0.250 e. The number of carbonyl (C=O) groups is 1. The summed E-state index contributed by atoms with van der Waals surface area (Å²) >= 11 is 1.56. The van der Waals surface area contributed by atoms with Crippen LogP contribution in [0.3, 0.4) is 0 Å². The van der Waals surface area contributed by atoms with Crippen LogP contribution in [-0.2, 0) is 22.4 Å². The Hall–Kier alpha value is -2.06. The average Bonchev–Trinajstić information content (AvgIpc) is 2.98. The maximum absolute atomic E-state index is 12.4. The van der Waals surface area contributed by atoms with Crippen molar-refractivity contribution in [2.75, 3.05) is 19.7 Å². The van der Waals surface area contributed by atoms with Gasteiger partial charge in [-0.05, 0) is 19.8 Å². The van der Waals surface area contributed by atoms with Gasteiger partial charge in [0.2, 0.25) is 5.91 Å². The number of carbonyl (C=O) groups excluding carboxylic acids is 1. The van der Waals surface area contributed by atoms with E-state index >= 15 is 0 Å². The molecule has 1 saturated heterocycles. The molecule has 128 valence electrons. The number of amides is 1. The number of morpholine rings is 1. The first-order valence-corrected chi connectivity index (χ1v) is 8.82. The van der Waals surface area contributed by atoms with Gasteiger partial charge in [-0.15, -0.1) is 11.3 Å². The van der Waals surface area contributed by atoms with Gasteiger partial charge in [0.1, 0.15) is 0 Å². The van der Waals surface area contributed by atoms with Crippen molar-refractivity contribution in [1.29, 1.82) is 0 Å². The second kappa shape index (κ2) is 7.67. The first kappa shape index (κ1) is 16.8. The van der Waals surface area contributed by atoms with Gasteiger partial charge in [0.05, 0.1) is 36.2 Å². The van der Waals surface area contributed by atoms with Crippen LogP contribution in [0.2, 0.25) is 0 Å². The van der Waals surface area contributed by atoms with Gasteiger partial charge >= 0.3 is 0 Å². The van der Waals surface area contributed by atoms with Crippen molar-refractivity contribution in [3.63, 3.8) is 0 Å². The van der Waals surface area contributed by atoms with E-state index < -0.39 is 0 Å². The number of aromatic nitrogens is 3. The van der Waals surface area contributed by atoms with E-state index in [-0.39, 0.29) is 17.6 Å². The second-order valence-corrected chi connectivity index (χ2v) is 6.87. The highest BCUT2D eigenvalue weighted by molar-refractivity contribution is 7.09. The van der Waals surface area contributed by atoms with E-state index in [0.717, 1.165) is 22.8 Å². The van der Waals surface area contributed by atoms with Crippen LogP contribution in [0.4, 0.5) is 0 Å². The lowest BCUT2D eigenvalue weighted by molar-refractivity contribution is -0.138. The molecule has 3 heterocycles. The van der Waals surface area contributed by atoms with E-state index in [1.54, 1.807) is 11.3 Å². The lowest BCUT2D eigenvalue weighted by atomic mass is 10.1.